The van der Waals surface area contributed by atoms with Crippen molar-refractivity contribution in [2.24, 2.45) is 5.73 Å². The molecule has 2 heterocycles. The number of rotatable bonds is 5. The Hall–Kier alpha value is -3.26. The minimum atomic E-state index is -0.659. The predicted octanol–water partition coefficient (Wildman–Crippen LogP) is 2.96. The number of carbonyl (C=O) groups excluding carboxylic acids is 1. The summed E-state index contributed by atoms with van der Waals surface area (Å²) in [6.45, 7) is 2.40. The molecule has 0 bridgehead atoms. The van der Waals surface area contributed by atoms with Crippen LogP contribution in [0.5, 0.6) is 0 Å². The third-order valence-corrected chi connectivity index (χ3v) is 5.12. The van der Waals surface area contributed by atoms with E-state index in [0.717, 1.165) is 11.6 Å². The van der Waals surface area contributed by atoms with Crippen LogP contribution in [0, 0.1) is 11.6 Å². The lowest BCUT2D eigenvalue weighted by molar-refractivity contribution is 0.1000. The Morgan fingerprint density at radius 1 is 1.07 bits per heavy atom. The molecule has 6 nitrogen and oxygen atoms in total. The Bertz CT molecular complexity index is 984. The van der Waals surface area contributed by atoms with E-state index < -0.39 is 11.7 Å². The van der Waals surface area contributed by atoms with Crippen LogP contribution in [0.2, 0.25) is 0 Å². The number of halogens is 2. The van der Waals surface area contributed by atoms with Gasteiger partial charge in [-0.25, -0.2) is 13.8 Å². The second-order valence-electron chi connectivity index (χ2n) is 6.88. The van der Waals surface area contributed by atoms with Gasteiger partial charge in [-0.05, 0) is 35.9 Å². The molecule has 1 aliphatic heterocycles. The van der Waals surface area contributed by atoms with Crippen molar-refractivity contribution in [1.29, 1.82) is 0 Å². The van der Waals surface area contributed by atoms with Crippen LogP contribution in [0.15, 0.2) is 59.3 Å². The van der Waals surface area contributed by atoms with Gasteiger partial charge in [-0.1, -0.05) is 12.1 Å². The van der Waals surface area contributed by atoms with Gasteiger partial charge in [0.2, 0.25) is 11.8 Å². The Kier molecular flexibility index (Phi) is 5.26. The van der Waals surface area contributed by atoms with Crippen LogP contribution >= 0.6 is 0 Å². The van der Waals surface area contributed by atoms with Crippen molar-refractivity contribution in [3.8, 4) is 0 Å². The van der Waals surface area contributed by atoms with Gasteiger partial charge >= 0.3 is 0 Å². The molecule has 3 aromatic rings. The minimum absolute atomic E-state index is 0.144. The van der Waals surface area contributed by atoms with Crippen molar-refractivity contribution in [3.05, 3.63) is 83.6 Å². The number of hydrogen-bond acceptors (Lipinski definition) is 5. The van der Waals surface area contributed by atoms with E-state index in [1.165, 1.54) is 24.5 Å². The van der Waals surface area contributed by atoms with E-state index in [9.17, 15) is 13.6 Å². The first-order valence-corrected chi connectivity index (χ1v) is 9.26. The molecule has 1 amide bonds. The molecule has 8 heteroatoms. The van der Waals surface area contributed by atoms with Crippen molar-refractivity contribution in [3.63, 3.8) is 0 Å². The van der Waals surface area contributed by atoms with Crippen molar-refractivity contribution in [2.75, 3.05) is 31.1 Å². The third kappa shape index (κ3) is 3.97. The summed E-state index contributed by atoms with van der Waals surface area (Å²) in [4.78, 5) is 19.6. The molecule has 2 aromatic carbocycles. The molecule has 1 saturated heterocycles. The summed E-state index contributed by atoms with van der Waals surface area (Å²) in [5.41, 5.74) is 6.66. The molecule has 0 radical (unpaired) electrons. The van der Waals surface area contributed by atoms with Gasteiger partial charge in [0.05, 0.1) is 11.9 Å². The first-order chi connectivity index (χ1) is 14.0. The molecule has 0 spiro atoms. The zero-order valence-electron chi connectivity index (χ0n) is 15.6. The van der Waals surface area contributed by atoms with Crippen molar-refractivity contribution < 1.29 is 18.0 Å². The number of aromatic nitrogens is 1. The third-order valence-electron chi connectivity index (χ3n) is 5.12. The maximum absolute atomic E-state index is 14.5. The van der Waals surface area contributed by atoms with Gasteiger partial charge in [0, 0.05) is 31.7 Å². The second-order valence-corrected chi connectivity index (χ2v) is 6.88. The molecule has 1 atom stereocenters. The summed E-state index contributed by atoms with van der Waals surface area (Å²) in [7, 11) is 0. The Balaban J connectivity index is 1.53. The topological polar surface area (TPSA) is 75.6 Å². The largest absolute Gasteiger partial charge is 0.447 e. The van der Waals surface area contributed by atoms with E-state index >= 15 is 0 Å². The number of nitrogens with two attached hydrogens (primary N) is 1. The van der Waals surface area contributed by atoms with Crippen LogP contribution in [0.4, 0.5) is 14.5 Å². The van der Waals surface area contributed by atoms with Crippen LogP contribution < -0.4 is 10.6 Å². The molecule has 1 fully saturated rings. The van der Waals surface area contributed by atoms with Crippen LogP contribution in [0.1, 0.15) is 27.9 Å². The molecule has 0 saturated carbocycles. The summed E-state index contributed by atoms with van der Waals surface area (Å²) in [5.74, 6) is -0.910. The number of oxazole rings is 1. The normalized spacial score (nSPS) is 16.0. The van der Waals surface area contributed by atoms with Crippen molar-refractivity contribution in [2.45, 2.75) is 6.04 Å². The fourth-order valence-electron chi connectivity index (χ4n) is 3.66. The summed E-state index contributed by atoms with van der Waals surface area (Å²) in [6, 6.07) is 10.3. The van der Waals surface area contributed by atoms with Gasteiger partial charge in [-0.2, -0.15) is 0 Å². The highest BCUT2D eigenvalue weighted by molar-refractivity contribution is 5.93. The molecular formula is C21H20F2N4O2. The van der Waals surface area contributed by atoms with E-state index in [0.29, 0.717) is 37.8 Å². The number of amides is 1. The number of benzene rings is 2. The van der Waals surface area contributed by atoms with Gasteiger partial charge in [-0.3, -0.25) is 9.69 Å². The Morgan fingerprint density at radius 3 is 2.38 bits per heavy atom. The van der Waals surface area contributed by atoms with Crippen molar-refractivity contribution >= 4 is 11.6 Å². The lowest BCUT2D eigenvalue weighted by Crippen LogP contribution is -2.48. The molecule has 1 unspecified atom stereocenters. The van der Waals surface area contributed by atoms with Gasteiger partial charge in [0.15, 0.2) is 0 Å². The number of primary amides is 1. The monoisotopic (exact) mass is 398 g/mol. The molecule has 29 heavy (non-hydrogen) atoms. The average molecular weight is 398 g/mol. The van der Waals surface area contributed by atoms with Crippen molar-refractivity contribution in [1.82, 2.24) is 9.88 Å². The average Bonchev–Trinajstić information content (AvgIpc) is 3.24. The van der Waals surface area contributed by atoms with Gasteiger partial charge in [0.25, 0.3) is 0 Å². The quantitative estimate of drug-likeness (QED) is 0.715. The molecule has 1 aromatic heterocycles. The van der Waals surface area contributed by atoms with Crippen LogP contribution in [0.3, 0.4) is 0 Å². The molecule has 0 aliphatic carbocycles. The van der Waals surface area contributed by atoms with Crippen LogP contribution in [0.25, 0.3) is 0 Å². The van der Waals surface area contributed by atoms with E-state index in [1.807, 2.05) is 4.90 Å². The maximum atomic E-state index is 14.5. The lowest BCUT2D eigenvalue weighted by atomic mass is 10.0. The highest BCUT2D eigenvalue weighted by Gasteiger charge is 2.30. The van der Waals surface area contributed by atoms with Gasteiger partial charge in [0.1, 0.15) is 23.9 Å². The molecule has 2 N–H and O–H groups in total. The highest BCUT2D eigenvalue weighted by Crippen LogP contribution is 2.30. The Labute approximate surface area is 166 Å². The number of carbonyl (C=O) groups is 1. The van der Waals surface area contributed by atoms with Gasteiger partial charge in [-0.15, -0.1) is 0 Å². The van der Waals surface area contributed by atoms with E-state index in [2.05, 4.69) is 9.88 Å². The van der Waals surface area contributed by atoms with Gasteiger partial charge < -0.3 is 15.1 Å². The lowest BCUT2D eigenvalue weighted by Gasteiger charge is -2.39. The number of piperazine rings is 1. The minimum Gasteiger partial charge on any atom is -0.447 e. The standard InChI is InChI=1S/C21H20F2N4O2/c22-16-4-1-14(2-5-16)19(21-25-7-12-29-21)27-10-8-26(9-11-27)18-6-3-15(20(24)28)13-17(18)23/h1-7,12-13,19H,8-11H2,(H2,24,28). The summed E-state index contributed by atoms with van der Waals surface area (Å²) in [6.07, 6.45) is 3.09. The summed E-state index contributed by atoms with van der Waals surface area (Å²) < 4.78 is 33.4. The highest BCUT2D eigenvalue weighted by atomic mass is 19.1. The first kappa shape index (κ1) is 19.1. The zero-order valence-corrected chi connectivity index (χ0v) is 15.6. The summed E-state index contributed by atoms with van der Waals surface area (Å²) >= 11 is 0. The van der Waals surface area contributed by atoms with E-state index in [4.69, 9.17) is 10.2 Å². The second kappa shape index (κ2) is 8.00. The van der Waals surface area contributed by atoms with Crippen LogP contribution in [-0.2, 0) is 0 Å². The Morgan fingerprint density at radius 2 is 1.79 bits per heavy atom. The SMILES string of the molecule is NC(=O)c1ccc(N2CCN(C(c3ccc(F)cc3)c3ncco3)CC2)c(F)c1. The van der Waals surface area contributed by atoms with Crippen LogP contribution in [-0.4, -0.2) is 42.0 Å². The molecule has 4 rings (SSSR count). The first-order valence-electron chi connectivity index (χ1n) is 9.26. The predicted molar refractivity (Wildman–Crippen MR) is 103 cm³/mol. The molecule has 1 aliphatic rings. The zero-order chi connectivity index (χ0) is 20.4. The molecular weight excluding hydrogens is 378 g/mol. The maximum Gasteiger partial charge on any atom is 0.248 e. The number of hydrogen-bond donors (Lipinski definition) is 1. The number of anilines is 1. The fourth-order valence-corrected chi connectivity index (χ4v) is 3.66. The molecule has 150 valence electrons. The van der Waals surface area contributed by atoms with E-state index in [1.54, 1.807) is 24.4 Å². The fraction of sp³-hybridized carbons (Fsp3) is 0.238. The number of nitrogens with zero attached hydrogens (tertiary/aromatic N) is 3. The van der Waals surface area contributed by atoms with E-state index in [-0.39, 0.29) is 17.4 Å². The summed E-state index contributed by atoms with van der Waals surface area (Å²) in [5, 5.41) is 0. The smallest absolute Gasteiger partial charge is 0.248 e.